The van der Waals surface area contributed by atoms with E-state index < -0.39 is 0 Å². The molecule has 0 aromatic carbocycles. The molecule has 0 unspecified atom stereocenters. The van der Waals surface area contributed by atoms with E-state index in [9.17, 15) is 0 Å². The average molecular weight is 259 g/mol. The SMILES string of the molecule is C=C(CNC1CC1)Cn1ccnc1-c1cccs1. The van der Waals surface area contributed by atoms with Crippen LogP contribution in [0.4, 0.5) is 0 Å². The van der Waals surface area contributed by atoms with Crippen LogP contribution >= 0.6 is 11.3 Å². The van der Waals surface area contributed by atoms with E-state index in [1.54, 1.807) is 11.3 Å². The minimum atomic E-state index is 0.737. The zero-order valence-corrected chi connectivity index (χ0v) is 11.1. The van der Waals surface area contributed by atoms with Crippen molar-refractivity contribution in [1.29, 1.82) is 0 Å². The Kier molecular flexibility index (Phi) is 3.30. The summed E-state index contributed by atoms with van der Waals surface area (Å²) in [5.74, 6) is 1.04. The van der Waals surface area contributed by atoms with Gasteiger partial charge in [-0.2, -0.15) is 0 Å². The van der Waals surface area contributed by atoms with Crippen molar-refractivity contribution in [2.24, 2.45) is 0 Å². The number of rotatable bonds is 6. The van der Waals surface area contributed by atoms with Crippen molar-refractivity contribution in [3.63, 3.8) is 0 Å². The molecule has 1 fully saturated rings. The van der Waals surface area contributed by atoms with Gasteiger partial charge in [-0.3, -0.25) is 0 Å². The van der Waals surface area contributed by atoms with Gasteiger partial charge in [-0.1, -0.05) is 12.6 Å². The molecule has 2 heterocycles. The second-order valence-electron chi connectivity index (χ2n) is 4.76. The third kappa shape index (κ3) is 2.71. The molecular weight excluding hydrogens is 242 g/mol. The van der Waals surface area contributed by atoms with Crippen molar-refractivity contribution < 1.29 is 0 Å². The molecule has 0 radical (unpaired) electrons. The van der Waals surface area contributed by atoms with Gasteiger partial charge < -0.3 is 9.88 Å². The fourth-order valence-electron chi connectivity index (χ4n) is 1.94. The van der Waals surface area contributed by atoms with Gasteiger partial charge in [0.15, 0.2) is 0 Å². The zero-order valence-electron chi connectivity index (χ0n) is 10.3. The van der Waals surface area contributed by atoms with Gasteiger partial charge in [0.2, 0.25) is 0 Å². The number of nitrogens with one attached hydrogen (secondary N) is 1. The highest BCUT2D eigenvalue weighted by Gasteiger charge is 2.20. The third-order valence-electron chi connectivity index (χ3n) is 3.07. The summed E-state index contributed by atoms with van der Waals surface area (Å²) in [7, 11) is 0. The molecule has 1 saturated carbocycles. The number of imidazole rings is 1. The molecule has 4 heteroatoms. The van der Waals surface area contributed by atoms with Gasteiger partial charge in [0.25, 0.3) is 0 Å². The van der Waals surface area contributed by atoms with Gasteiger partial charge in [0, 0.05) is 31.5 Å². The molecule has 0 aliphatic heterocycles. The van der Waals surface area contributed by atoms with E-state index in [0.717, 1.165) is 25.0 Å². The first-order chi connectivity index (χ1) is 8.83. The minimum absolute atomic E-state index is 0.737. The number of nitrogens with zero attached hydrogens (tertiary/aromatic N) is 2. The van der Waals surface area contributed by atoms with E-state index in [1.165, 1.54) is 23.3 Å². The average Bonchev–Trinajstić information content (AvgIpc) is 2.85. The van der Waals surface area contributed by atoms with Crippen LogP contribution in [-0.4, -0.2) is 22.1 Å². The first kappa shape index (κ1) is 11.7. The molecule has 1 aliphatic carbocycles. The lowest BCUT2D eigenvalue weighted by atomic mass is 10.3. The molecule has 0 atom stereocenters. The van der Waals surface area contributed by atoms with Gasteiger partial charge in [-0.05, 0) is 29.9 Å². The highest BCUT2D eigenvalue weighted by atomic mass is 32.1. The van der Waals surface area contributed by atoms with Crippen LogP contribution in [0.3, 0.4) is 0 Å². The molecule has 0 amide bonds. The fraction of sp³-hybridized carbons (Fsp3) is 0.357. The maximum Gasteiger partial charge on any atom is 0.150 e. The maximum atomic E-state index is 4.43. The standard InChI is InChI=1S/C14H17N3S/c1-11(9-16-12-4-5-12)10-17-7-6-15-14(17)13-3-2-8-18-13/h2-3,6-8,12,16H,1,4-5,9-10H2. The lowest BCUT2D eigenvalue weighted by Crippen LogP contribution is -2.20. The summed E-state index contributed by atoms with van der Waals surface area (Å²) < 4.78 is 2.17. The molecule has 0 saturated heterocycles. The Hall–Kier alpha value is -1.39. The van der Waals surface area contributed by atoms with Crippen molar-refractivity contribution in [2.45, 2.75) is 25.4 Å². The Morgan fingerprint density at radius 3 is 3.17 bits per heavy atom. The van der Waals surface area contributed by atoms with Gasteiger partial charge in [0.05, 0.1) is 4.88 Å². The molecule has 2 aromatic rings. The molecule has 1 aliphatic rings. The highest BCUT2D eigenvalue weighted by molar-refractivity contribution is 7.13. The summed E-state index contributed by atoms with van der Waals surface area (Å²) >= 11 is 1.72. The molecule has 3 nitrogen and oxygen atoms in total. The van der Waals surface area contributed by atoms with E-state index in [2.05, 4.69) is 39.0 Å². The Morgan fingerprint density at radius 2 is 2.44 bits per heavy atom. The van der Waals surface area contributed by atoms with Crippen molar-refractivity contribution in [2.75, 3.05) is 6.54 Å². The first-order valence-electron chi connectivity index (χ1n) is 6.28. The normalized spacial score (nSPS) is 14.9. The second-order valence-corrected chi connectivity index (χ2v) is 5.71. The molecule has 0 bridgehead atoms. The summed E-state index contributed by atoms with van der Waals surface area (Å²) in [4.78, 5) is 5.64. The second kappa shape index (κ2) is 5.08. The Balaban J connectivity index is 1.65. The van der Waals surface area contributed by atoms with E-state index in [4.69, 9.17) is 0 Å². The zero-order chi connectivity index (χ0) is 12.4. The molecule has 2 aromatic heterocycles. The smallest absolute Gasteiger partial charge is 0.150 e. The molecular formula is C14H17N3S. The lowest BCUT2D eigenvalue weighted by Gasteiger charge is -2.10. The van der Waals surface area contributed by atoms with E-state index >= 15 is 0 Å². The van der Waals surface area contributed by atoms with Crippen LogP contribution in [0.25, 0.3) is 10.7 Å². The van der Waals surface area contributed by atoms with Crippen molar-refractivity contribution in [1.82, 2.24) is 14.9 Å². The number of aromatic nitrogens is 2. The maximum absolute atomic E-state index is 4.43. The first-order valence-corrected chi connectivity index (χ1v) is 7.16. The number of hydrogen-bond acceptors (Lipinski definition) is 3. The predicted octanol–water partition coefficient (Wildman–Crippen LogP) is 2.92. The Bertz CT molecular complexity index is 523. The Labute approximate surface area is 111 Å². The molecule has 94 valence electrons. The van der Waals surface area contributed by atoms with Gasteiger partial charge >= 0.3 is 0 Å². The van der Waals surface area contributed by atoms with Gasteiger partial charge in [-0.25, -0.2) is 4.98 Å². The van der Waals surface area contributed by atoms with Crippen LogP contribution in [-0.2, 0) is 6.54 Å². The summed E-state index contributed by atoms with van der Waals surface area (Å²) in [6.45, 7) is 5.89. The van der Waals surface area contributed by atoms with Gasteiger partial charge in [-0.15, -0.1) is 11.3 Å². The monoisotopic (exact) mass is 259 g/mol. The van der Waals surface area contributed by atoms with Crippen molar-refractivity contribution in [3.05, 3.63) is 42.1 Å². The summed E-state index contributed by atoms with van der Waals surface area (Å²) in [5.41, 5.74) is 1.21. The highest BCUT2D eigenvalue weighted by Crippen LogP contribution is 2.23. The quantitative estimate of drug-likeness (QED) is 0.808. The van der Waals surface area contributed by atoms with Crippen molar-refractivity contribution >= 4 is 11.3 Å². The third-order valence-corrected chi connectivity index (χ3v) is 3.93. The Morgan fingerprint density at radius 1 is 1.56 bits per heavy atom. The molecule has 1 N–H and O–H groups in total. The summed E-state index contributed by atoms with van der Waals surface area (Å²) in [6.07, 6.45) is 6.52. The molecule has 3 rings (SSSR count). The van der Waals surface area contributed by atoms with E-state index in [-0.39, 0.29) is 0 Å². The van der Waals surface area contributed by atoms with Crippen LogP contribution in [0.1, 0.15) is 12.8 Å². The largest absolute Gasteiger partial charge is 0.326 e. The van der Waals surface area contributed by atoms with Crippen LogP contribution in [0, 0.1) is 0 Å². The lowest BCUT2D eigenvalue weighted by molar-refractivity contribution is 0.685. The number of hydrogen-bond donors (Lipinski definition) is 1. The summed E-state index contributed by atoms with van der Waals surface area (Å²) in [6, 6.07) is 4.90. The number of thiophene rings is 1. The minimum Gasteiger partial charge on any atom is -0.326 e. The fourth-order valence-corrected chi connectivity index (χ4v) is 2.68. The van der Waals surface area contributed by atoms with Crippen LogP contribution in [0.2, 0.25) is 0 Å². The molecule has 18 heavy (non-hydrogen) atoms. The molecule has 0 spiro atoms. The van der Waals surface area contributed by atoms with Crippen molar-refractivity contribution in [3.8, 4) is 10.7 Å². The van der Waals surface area contributed by atoms with Crippen LogP contribution in [0.15, 0.2) is 42.1 Å². The van der Waals surface area contributed by atoms with Crippen LogP contribution < -0.4 is 5.32 Å². The van der Waals surface area contributed by atoms with Crippen LogP contribution in [0.5, 0.6) is 0 Å². The predicted molar refractivity (Wildman–Crippen MR) is 75.7 cm³/mol. The summed E-state index contributed by atoms with van der Waals surface area (Å²) in [5, 5.41) is 5.57. The van der Waals surface area contributed by atoms with Gasteiger partial charge in [0.1, 0.15) is 5.82 Å². The van der Waals surface area contributed by atoms with E-state index in [1.807, 2.05) is 12.4 Å². The van der Waals surface area contributed by atoms with E-state index in [0.29, 0.717) is 0 Å². The topological polar surface area (TPSA) is 29.9 Å².